The molecule has 0 fully saturated rings. The summed E-state index contributed by atoms with van der Waals surface area (Å²) in [6.07, 6.45) is -2.95. The maximum atomic E-state index is 13.8. The van der Waals surface area contributed by atoms with Crippen molar-refractivity contribution in [3.63, 3.8) is 0 Å². The van der Waals surface area contributed by atoms with Crippen LogP contribution in [-0.2, 0) is 11.8 Å². The van der Waals surface area contributed by atoms with E-state index < -0.39 is 17.3 Å². The lowest BCUT2D eigenvalue weighted by atomic mass is 9.95. The molecule has 5 rings (SSSR count). The molecule has 0 amide bonds. The number of aromatic nitrogens is 2. The van der Waals surface area contributed by atoms with Crippen molar-refractivity contribution in [3.8, 4) is 28.2 Å². The molecule has 1 N–H and O–H groups in total. The van der Waals surface area contributed by atoms with Crippen molar-refractivity contribution in [3.05, 3.63) is 108 Å². The molecule has 4 aromatic carbocycles. The predicted octanol–water partition coefficient (Wildman–Crippen LogP) is 7.91. The lowest BCUT2D eigenvalue weighted by molar-refractivity contribution is -0.137. The molecule has 1 heterocycles. The Hall–Kier alpha value is -3.90. The summed E-state index contributed by atoms with van der Waals surface area (Å²) in [5.74, 6) is 0.119. The van der Waals surface area contributed by atoms with Crippen LogP contribution in [-0.4, -0.2) is 14.7 Å². The molecule has 0 aliphatic heterocycles. The predicted molar refractivity (Wildman–Crippen MR) is 137 cm³/mol. The first kappa shape index (κ1) is 23.8. The molecule has 0 saturated carbocycles. The second-order valence-corrected chi connectivity index (χ2v) is 9.44. The molecule has 5 aromatic rings. The standard InChI is InChI=1S/C30H25F3N2O/c1-19-12-17-23(24-9-5-4-8-22(19)24)20-13-15-21(16-14-20)35-18-27(29(2,3)36)34-28(35)25-10-6-7-11-26(25)30(31,32)33/h4-18,36H,1-3H3. The zero-order valence-corrected chi connectivity index (χ0v) is 20.1. The van der Waals surface area contributed by atoms with Gasteiger partial charge >= 0.3 is 6.18 Å². The number of hydrogen-bond acceptors (Lipinski definition) is 2. The second kappa shape index (κ2) is 8.64. The molecule has 0 bridgehead atoms. The van der Waals surface area contributed by atoms with Crippen LogP contribution >= 0.6 is 0 Å². The van der Waals surface area contributed by atoms with Crippen molar-refractivity contribution >= 4 is 10.8 Å². The molecule has 0 aliphatic carbocycles. The fraction of sp³-hybridized carbons (Fsp3) is 0.167. The number of hydrogen-bond donors (Lipinski definition) is 1. The van der Waals surface area contributed by atoms with Gasteiger partial charge in [0.1, 0.15) is 11.4 Å². The van der Waals surface area contributed by atoms with Gasteiger partial charge in [0.25, 0.3) is 0 Å². The van der Waals surface area contributed by atoms with Crippen LogP contribution in [0.3, 0.4) is 0 Å². The van der Waals surface area contributed by atoms with Crippen LogP contribution in [0.2, 0.25) is 0 Å². The molecular formula is C30H25F3N2O. The fourth-order valence-corrected chi connectivity index (χ4v) is 4.49. The van der Waals surface area contributed by atoms with E-state index in [4.69, 9.17) is 0 Å². The third-order valence-electron chi connectivity index (χ3n) is 6.40. The van der Waals surface area contributed by atoms with E-state index in [0.717, 1.165) is 22.6 Å². The number of aliphatic hydroxyl groups is 1. The minimum absolute atomic E-state index is 0.0471. The third-order valence-corrected chi connectivity index (χ3v) is 6.40. The minimum atomic E-state index is -4.54. The van der Waals surface area contributed by atoms with Crippen molar-refractivity contribution in [1.82, 2.24) is 9.55 Å². The van der Waals surface area contributed by atoms with E-state index in [1.165, 1.54) is 23.1 Å². The summed E-state index contributed by atoms with van der Waals surface area (Å²) in [4.78, 5) is 4.45. The molecule has 3 nitrogen and oxygen atoms in total. The Morgan fingerprint density at radius 1 is 0.750 bits per heavy atom. The van der Waals surface area contributed by atoms with Gasteiger partial charge in [0.05, 0.1) is 11.3 Å². The lowest BCUT2D eigenvalue weighted by Gasteiger charge is -2.15. The monoisotopic (exact) mass is 486 g/mol. The molecule has 36 heavy (non-hydrogen) atoms. The van der Waals surface area contributed by atoms with Gasteiger partial charge in [-0.25, -0.2) is 4.98 Å². The van der Waals surface area contributed by atoms with Gasteiger partial charge in [-0.05, 0) is 66.4 Å². The summed E-state index contributed by atoms with van der Waals surface area (Å²) in [5.41, 5.74) is 2.04. The molecule has 0 radical (unpaired) electrons. The maximum Gasteiger partial charge on any atom is 0.417 e. The number of benzene rings is 4. The average Bonchev–Trinajstić information content (AvgIpc) is 3.30. The Morgan fingerprint density at radius 2 is 1.39 bits per heavy atom. The van der Waals surface area contributed by atoms with Crippen molar-refractivity contribution in [1.29, 1.82) is 0 Å². The summed E-state index contributed by atoms with van der Waals surface area (Å²) in [6.45, 7) is 5.20. The van der Waals surface area contributed by atoms with E-state index in [-0.39, 0.29) is 17.1 Å². The molecular weight excluding hydrogens is 461 g/mol. The Morgan fingerprint density at radius 3 is 2.06 bits per heavy atom. The number of aryl methyl sites for hydroxylation is 1. The third kappa shape index (κ3) is 4.29. The first-order valence-electron chi connectivity index (χ1n) is 11.6. The topological polar surface area (TPSA) is 38.0 Å². The van der Waals surface area contributed by atoms with Gasteiger partial charge in [-0.15, -0.1) is 0 Å². The number of imidazole rings is 1. The van der Waals surface area contributed by atoms with E-state index in [9.17, 15) is 18.3 Å². The normalized spacial score (nSPS) is 12.3. The van der Waals surface area contributed by atoms with Crippen molar-refractivity contribution < 1.29 is 18.3 Å². The van der Waals surface area contributed by atoms with E-state index in [0.29, 0.717) is 5.69 Å². The molecule has 0 aliphatic rings. The van der Waals surface area contributed by atoms with Crippen LogP contribution < -0.4 is 0 Å². The first-order chi connectivity index (χ1) is 17.0. The van der Waals surface area contributed by atoms with Crippen LogP contribution in [0.1, 0.15) is 30.7 Å². The van der Waals surface area contributed by atoms with Crippen LogP contribution in [0, 0.1) is 6.92 Å². The van der Waals surface area contributed by atoms with Gasteiger partial charge in [-0.3, -0.25) is 4.57 Å². The van der Waals surface area contributed by atoms with E-state index in [1.54, 1.807) is 30.7 Å². The van der Waals surface area contributed by atoms with Crippen molar-refractivity contribution in [2.24, 2.45) is 0 Å². The molecule has 0 spiro atoms. The molecule has 0 saturated heterocycles. The van der Waals surface area contributed by atoms with Gasteiger partial charge in [-0.2, -0.15) is 13.2 Å². The number of rotatable bonds is 4. The lowest BCUT2D eigenvalue weighted by Crippen LogP contribution is -2.15. The van der Waals surface area contributed by atoms with Gasteiger partial charge in [0, 0.05) is 17.4 Å². The van der Waals surface area contributed by atoms with Crippen LogP contribution in [0.5, 0.6) is 0 Å². The van der Waals surface area contributed by atoms with E-state index in [2.05, 4.69) is 36.2 Å². The highest BCUT2D eigenvalue weighted by Gasteiger charge is 2.35. The van der Waals surface area contributed by atoms with Crippen molar-refractivity contribution in [2.45, 2.75) is 32.5 Å². The molecule has 0 unspecified atom stereocenters. The summed E-state index contributed by atoms with van der Waals surface area (Å²) in [6, 6.07) is 25.4. The Balaban J connectivity index is 1.65. The smallest absolute Gasteiger partial charge is 0.384 e. The fourth-order valence-electron chi connectivity index (χ4n) is 4.49. The highest BCUT2D eigenvalue weighted by atomic mass is 19.4. The molecule has 6 heteroatoms. The Bertz CT molecular complexity index is 1560. The number of fused-ring (bicyclic) bond motifs is 1. The Labute approximate surface area is 207 Å². The molecule has 1 aromatic heterocycles. The van der Waals surface area contributed by atoms with Gasteiger partial charge in [0.2, 0.25) is 0 Å². The first-order valence-corrected chi connectivity index (χ1v) is 11.6. The van der Waals surface area contributed by atoms with Crippen LogP contribution in [0.15, 0.2) is 91.1 Å². The van der Waals surface area contributed by atoms with Crippen molar-refractivity contribution in [2.75, 3.05) is 0 Å². The van der Waals surface area contributed by atoms with E-state index in [1.807, 2.05) is 36.4 Å². The zero-order chi connectivity index (χ0) is 25.7. The van der Waals surface area contributed by atoms with E-state index >= 15 is 0 Å². The molecule has 0 atom stereocenters. The van der Waals surface area contributed by atoms with Gasteiger partial charge < -0.3 is 5.11 Å². The number of halogens is 3. The summed E-state index contributed by atoms with van der Waals surface area (Å²) in [5, 5.41) is 12.9. The summed E-state index contributed by atoms with van der Waals surface area (Å²) >= 11 is 0. The number of alkyl halides is 3. The summed E-state index contributed by atoms with van der Waals surface area (Å²) < 4.78 is 43.1. The maximum absolute atomic E-state index is 13.8. The quantitative estimate of drug-likeness (QED) is 0.280. The van der Waals surface area contributed by atoms with Crippen LogP contribution in [0.25, 0.3) is 39.0 Å². The molecule has 182 valence electrons. The van der Waals surface area contributed by atoms with Gasteiger partial charge in [0.15, 0.2) is 0 Å². The highest BCUT2D eigenvalue weighted by Crippen LogP contribution is 2.38. The second-order valence-electron chi connectivity index (χ2n) is 9.44. The SMILES string of the molecule is Cc1ccc(-c2ccc(-n3cc(C(C)(C)O)nc3-c3ccccc3C(F)(F)F)cc2)c2ccccc12. The summed E-state index contributed by atoms with van der Waals surface area (Å²) in [7, 11) is 0. The van der Waals surface area contributed by atoms with Crippen LogP contribution in [0.4, 0.5) is 13.2 Å². The minimum Gasteiger partial charge on any atom is -0.384 e. The Kier molecular flexibility index (Phi) is 5.72. The zero-order valence-electron chi connectivity index (χ0n) is 20.1. The number of nitrogens with zero attached hydrogens (tertiary/aromatic N) is 2. The highest BCUT2D eigenvalue weighted by molar-refractivity contribution is 5.98. The largest absolute Gasteiger partial charge is 0.417 e. The van der Waals surface area contributed by atoms with Gasteiger partial charge in [-0.1, -0.05) is 66.7 Å². The average molecular weight is 487 g/mol.